The monoisotopic (exact) mass is 126 g/mol. The minimum atomic E-state index is 0.554. The zero-order valence-corrected chi connectivity index (χ0v) is 6.15. The summed E-state index contributed by atoms with van der Waals surface area (Å²) < 4.78 is 0. The normalized spacial score (nSPS) is 27.8. The Bertz CT molecular complexity index is 118. The fourth-order valence-electron chi connectivity index (χ4n) is 1.22. The standard InChI is InChI=1S/C7H14N2/c1-6-7(8-2)4-3-5-9-6/h7-8H,3-5H2,1-2H3. The fourth-order valence-corrected chi connectivity index (χ4v) is 1.22. The third kappa shape index (κ3) is 1.52. The Morgan fingerprint density at radius 1 is 1.67 bits per heavy atom. The highest BCUT2D eigenvalue weighted by molar-refractivity contribution is 5.87. The van der Waals surface area contributed by atoms with E-state index in [1.54, 1.807) is 0 Å². The largest absolute Gasteiger partial charge is 0.312 e. The number of rotatable bonds is 1. The second kappa shape index (κ2) is 2.97. The van der Waals surface area contributed by atoms with Gasteiger partial charge in [-0.1, -0.05) is 0 Å². The van der Waals surface area contributed by atoms with Gasteiger partial charge in [-0.15, -0.1) is 0 Å². The SMILES string of the molecule is CNC1CCCN=C1C. The lowest BCUT2D eigenvalue weighted by Gasteiger charge is -2.19. The first-order valence-corrected chi connectivity index (χ1v) is 3.53. The van der Waals surface area contributed by atoms with E-state index in [0.717, 1.165) is 6.54 Å². The molecule has 0 fully saturated rings. The summed E-state index contributed by atoms with van der Waals surface area (Å²) in [4.78, 5) is 4.34. The van der Waals surface area contributed by atoms with Crippen LogP contribution in [0.25, 0.3) is 0 Å². The average Bonchev–Trinajstić information content (AvgIpc) is 1.89. The average molecular weight is 126 g/mol. The molecule has 0 amide bonds. The lowest BCUT2D eigenvalue weighted by molar-refractivity contribution is 0.587. The fraction of sp³-hybridized carbons (Fsp3) is 0.857. The summed E-state index contributed by atoms with van der Waals surface area (Å²) >= 11 is 0. The van der Waals surface area contributed by atoms with Crippen LogP contribution in [0.2, 0.25) is 0 Å². The molecule has 1 unspecified atom stereocenters. The predicted octanol–water partition coefficient (Wildman–Crippen LogP) is 0.829. The van der Waals surface area contributed by atoms with Crippen molar-refractivity contribution in [2.75, 3.05) is 13.6 Å². The van der Waals surface area contributed by atoms with Gasteiger partial charge in [0.1, 0.15) is 0 Å². The first-order valence-electron chi connectivity index (χ1n) is 3.53. The molecule has 0 aromatic rings. The van der Waals surface area contributed by atoms with Crippen LogP contribution in [0, 0.1) is 0 Å². The minimum absolute atomic E-state index is 0.554. The Labute approximate surface area is 56.4 Å². The molecule has 1 aliphatic heterocycles. The highest BCUT2D eigenvalue weighted by atomic mass is 14.9. The molecule has 2 nitrogen and oxygen atoms in total. The first-order chi connectivity index (χ1) is 4.34. The molecule has 0 aromatic carbocycles. The van der Waals surface area contributed by atoms with Crippen LogP contribution in [0.4, 0.5) is 0 Å². The molecule has 1 rings (SSSR count). The molecule has 1 aliphatic rings. The van der Waals surface area contributed by atoms with Crippen LogP contribution in [-0.4, -0.2) is 25.3 Å². The summed E-state index contributed by atoms with van der Waals surface area (Å²) in [5.74, 6) is 0. The van der Waals surface area contributed by atoms with Crippen LogP contribution in [0.5, 0.6) is 0 Å². The molecule has 2 heteroatoms. The van der Waals surface area contributed by atoms with E-state index in [1.807, 2.05) is 7.05 Å². The number of hydrogen-bond donors (Lipinski definition) is 1. The molecule has 0 saturated carbocycles. The minimum Gasteiger partial charge on any atom is -0.312 e. The third-order valence-electron chi connectivity index (χ3n) is 1.86. The predicted molar refractivity (Wildman–Crippen MR) is 40.1 cm³/mol. The lowest BCUT2D eigenvalue weighted by atomic mass is 10.0. The molecule has 0 radical (unpaired) electrons. The highest BCUT2D eigenvalue weighted by Gasteiger charge is 2.11. The maximum Gasteiger partial charge on any atom is 0.0446 e. The van der Waals surface area contributed by atoms with Gasteiger partial charge in [0, 0.05) is 18.3 Å². The molecular weight excluding hydrogens is 112 g/mol. The summed E-state index contributed by atoms with van der Waals surface area (Å²) in [5, 5.41) is 3.22. The van der Waals surface area contributed by atoms with Crippen LogP contribution >= 0.6 is 0 Å². The van der Waals surface area contributed by atoms with E-state index >= 15 is 0 Å². The Morgan fingerprint density at radius 2 is 2.44 bits per heavy atom. The summed E-state index contributed by atoms with van der Waals surface area (Å²) in [7, 11) is 2.00. The van der Waals surface area contributed by atoms with Crippen molar-refractivity contribution in [1.82, 2.24) is 5.32 Å². The van der Waals surface area contributed by atoms with E-state index in [4.69, 9.17) is 0 Å². The Kier molecular flexibility index (Phi) is 2.22. The van der Waals surface area contributed by atoms with Crippen molar-refractivity contribution in [3.05, 3.63) is 0 Å². The smallest absolute Gasteiger partial charge is 0.0446 e. The maximum atomic E-state index is 4.34. The van der Waals surface area contributed by atoms with E-state index in [0.29, 0.717) is 6.04 Å². The van der Waals surface area contributed by atoms with E-state index in [9.17, 15) is 0 Å². The summed E-state index contributed by atoms with van der Waals surface area (Å²) in [6.45, 7) is 3.13. The van der Waals surface area contributed by atoms with Gasteiger partial charge in [-0.3, -0.25) is 4.99 Å². The van der Waals surface area contributed by atoms with Gasteiger partial charge in [0.25, 0.3) is 0 Å². The molecule has 0 bridgehead atoms. The van der Waals surface area contributed by atoms with E-state index in [-0.39, 0.29) is 0 Å². The number of nitrogens with one attached hydrogen (secondary N) is 1. The zero-order chi connectivity index (χ0) is 6.69. The second-order valence-electron chi connectivity index (χ2n) is 2.51. The van der Waals surface area contributed by atoms with Gasteiger partial charge >= 0.3 is 0 Å². The maximum absolute atomic E-state index is 4.34. The van der Waals surface area contributed by atoms with Gasteiger partial charge in [-0.25, -0.2) is 0 Å². The zero-order valence-electron chi connectivity index (χ0n) is 6.15. The van der Waals surface area contributed by atoms with Gasteiger partial charge in [0.2, 0.25) is 0 Å². The Morgan fingerprint density at radius 3 is 2.89 bits per heavy atom. The Hall–Kier alpha value is -0.370. The van der Waals surface area contributed by atoms with E-state index in [1.165, 1.54) is 18.6 Å². The van der Waals surface area contributed by atoms with Crippen molar-refractivity contribution >= 4 is 5.71 Å². The van der Waals surface area contributed by atoms with Gasteiger partial charge in [-0.2, -0.15) is 0 Å². The number of hydrogen-bond acceptors (Lipinski definition) is 2. The second-order valence-corrected chi connectivity index (χ2v) is 2.51. The molecule has 0 aliphatic carbocycles. The van der Waals surface area contributed by atoms with E-state index in [2.05, 4.69) is 17.2 Å². The van der Waals surface area contributed by atoms with Crippen LogP contribution in [0.15, 0.2) is 4.99 Å². The highest BCUT2D eigenvalue weighted by Crippen LogP contribution is 2.05. The molecule has 1 heterocycles. The van der Waals surface area contributed by atoms with Gasteiger partial charge in [0.05, 0.1) is 0 Å². The molecule has 9 heavy (non-hydrogen) atoms. The van der Waals surface area contributed by atoms with Crippen molar-refractivity contribution in [2.24, 2.45) is 4.99 Å². The molecule has 0 saturated heterocycles. The first kappa shape index (κ1) is 6.75. The molecule has 0 aromatic heterocycles. The topological polar surface area (TPSA) is 24.4 Å². The van der Waals surface area contributed by atoms with Crippen LogP contribution in [0.3, 0.4) is 0 Å². The number of nitrogens with zero attached hydrogens (tertiary/aromatic N) is 1. The van der Waals surface area contributed by atoms with Gasteiger partial charge < -0.3 is 5.32 Å². The van der Waals surface area contributed by atoms with Gasteiger partial charge in [0.15, 0.2) is 0 Å². The lowest BCUT2D eigenvalue weighted by Crippen LogP contribution is -2.34. The van der Waals surface area contributed by atoms with Crippen LogP contribution < -0.4 is 5.32 Å². The molecule has 1 atom stereocenters. The molecule has 1 N–H and O–H groups in total. The summed E-state index contributed by atoms with van der Waals surface area (Å²) in [5.41, 5.74) is 1.27. The van der Waals surface area contributed by atoms with E-state index < -0.39 is 0 Å². The summed E-state index contributed by atoms with van der Waals surface area (Å²) in [6.07, 6.45) is 2.49. The van der Waals surface area contributed by atoms with Crippen LogP contribution in [0.1, 0.15) is 19.8 Å². The molecule has 52 valence electrons. The van der Waals surface area contributed by atoms with Crippen molar-refractivity contribution in [1.29, 1.82) is 0 Å². The van der Waals surface area contributed by atoms with Crippen molar-refractivity contribution in [3.8, 4) is 0 Å². The van der Waals surface area contributed by atoms with Gasteiger partial charge in [-0.05, 0) is 26.8 Å². The number of aliphatic imine (C=N–C) groups is 1. The van der Waals surface area contributed by atoms with Crippen molar-refractivity contribution < 1.29 is 0 Å². The summed E-state index contributed by atoms with van der Waals surface area (Å²) in [6, 6.07) is 0.554. The quantitative estimate of drug-likeness (QED) is 0.553. The van der Waals surface area contributed by atoms with Crippen molar-refractivity contribution in [3.63, 3.8) is 0 Å². The molecular formula is C7H14N2. The van der Waals surface area contributed by atoms with Crippen molar-refractivity contribution in [2.45, 2.75) is 25.8 Å². The van der Waals surface area contributed by atoms with Crippen LogP contribution in [-0.2, 0) is 0 Å². The third-order valence-corrected chi connectivity index (χ3v) is 1.86. The molecule has 0 spiro atoms. The Balaban J connectivity index is 2.50.